The molecule has 4 rings (SSSR count). The zero-order valence-electron chi connectivity index (χ0n) is 15.7. The number of methoxy groups -OCH3 is 1. The zero-order chi connectivity index (χ0) is 19.5. The maximum Gasteiger partial charge on any atom is 0.251 e. The number of rotatable bonds is 5. The van der Waals surface area contributed by atoms with E-state index in [-0.39, 0.29) is 11.9 Å². The molecular formula is C19H21N7O2. The molecule has 144 valence electrons. The van der Waals surface area contributed by atoms with E-state index in [0.29, 0.717) is 23.9 Å². The van der Waals surface area contributed by atoms with Crippen molar-refractivity contribution < 1.29 is 9.53 Å². The predicted molar refractivity (Wildman–Crippen MR) is 103 cm³/mol. The Morgan fingerprint density at radius 1 is 1.29 bits per heavy atom. The van der Waals surface area contributed by atoms with E-state index in [9.17, 15) is 4.79 Å². The second kappa shape index (κ2) is 7.63. The summed E-state index contributed by atoms with van der Waals surface area (Å²) in [5.74, 6) is 0.933. The number of hydrogen-bond acceptors (Lipinski definition) is 7. The Morgan fingerprint density at radius 3 is 2.93 bits per heavy atom. The summed E-state index contributed by atoms with van der Waals surface area (Å²) in [6.07, 6.45) is 7.84. The molecule has 28 heavy (non-hydrogen) atoms. The number of aromatic nitrogens is 5. The van der Waals surface area contributed by atoms with Crippen molar-refractivity contribution in [3.05, 3.63) is 48.5 Å². The van der Waals surface area contributed by atoms with Crippen molar-refractivity contribution in [2.75, 3.05) is 25.1 Å². The highest BCUT2D eigenvalue weighted by Gasteiger charge is 2.26. The van der Waals surface area contributed by atoms with Crippen molar-refractivity contribution in [2.24, 2.45) is 7.05 Å². The van der Waals surface area contributed by atoms with Crippen molar-refractivity contribution in [3.63, 3.8) is 0 Å². The van der Waals surface area contributed by atoms with Crippen LogP contribution in [0.5, 0.6) is 5.88 Å². The molecule has 0 spiro atoms. The van der Waals surface area contributed by atoms with E-state index in [1.54, 1.807) is 35.4 Å². The fourth-order valence-corrected chi connectivity index (χ4v) is 3.21. The van der Waals surface area contributed by atoms with Crippen LogP contribution in [0.2, 0.25) is 0 Å². The number of anilines is 1. The van der Waals surface area contributed by atoms with E-state index < -0.39 is 0 Å². The lowest BCUT2D eigenvalue weighted by atomic mass is 10.2. The number of nitrogens with zero attached hydrogens (tertiary/aromatic N) is 6. The van der Waals surface area contributed by atoms with Gasteiger partial charge in [0.15, 0.2) is 0 Å². The summed E-state index contributed by atoms with van der Waals surface area (Å²) >= 11 is 0. The third kappa shape index (κ3) is 3.78. The quantitative estimate of drug-likeness (QED) is 0.713. The minimum absolute atomic E-state index is 0.0253. The molecule has 0 saturated carbocycles. The molecule has 1 amide bonds. The number of aryl methyl sites for hydroxylation is 1. The summed E-state index contributed by atoms with van der Waals surface area (Å²) in [6, 6.07) is 5.19. The molecule has 1 N–H and O–H groups in total. The monoisotopic (exact) mass is 379 g/mol. The lowest BCUT2D eigenvalue weighted by Gasteiger charge is -2.17. The van der Waals surface area contributed by atoms with Crippen LogP contribution in [0.1, 0.15) is 16.8 Å². The van der Waals surface area contributed by atoms with Crippen LogP contribution < -0.4 is 15.0 Å². The topological polar surface area (TPSA) is 98.1 Å². The molecule has 1 saturated heterocycles. The van der Waals surface area contributed by atoms with Gasteiger partial charge in [0.25, 0.3) is 5.91 Å². The maximum atomic E-state index is 12.5. The van der Waals surface area contributed by atoms with Gasteiger partial charge in [-0.05, 0) is 18.6 Å². The van der Waals surface area contributed by atoms with Gasteiger partial charge in [0.05, 0.1) is 19.0 Å². The first-order valence-electron chi connectivity index (χ1n) is 9.00. The van der Waals surface area contributed by atoms with Crippen molar-refractivity contribution in [1.29, 1.82) is 0 Å². The average molecular weight is 379 g/mol. The predicted octanol–water partition coefficient (Wildman–Crippen LogP) is 1.29. The Morgan fingerprint density at radius 2 is 2.14 bits per heavy atom. The van der Waals surface area contributed by atoms with Crippen LogP contribution in [0.25, 0.3) is 11.3 Å². The van der Waals surface area contributed by atoms with Gasteiger partial charge in [-0.3, -0.25) is 9.48 Å². The molecule has 0 aromatic carbocycles. The van der Waals surface area contributed by atoms with E-state index in [2.05, 4.69) is 30.3 Å². The minimum Gasteiger partial charge on any atom is -0.481 e. The molecule has 0 aliphatic carbocycles. The van der Waals surface area contributed by atoms with E-state index >= 15 is 0 Å². The van der Waals surface area contributed by atoms with Gasteiger partial charge in [-0.25, -0.2) is 15.0 Å². The summed E-state index contributed by atoms with van der Waals surface area (Å²) in [7, 11) is 3.40. The standard InChI is InChI=1S/C19H21N7O2/c1-25-11-14(10-22-25)16-4-7-21-19(24-16)26-8-5-15(12-26)23-18(27)13-3-6-20-17(9-13)28-2/h3-4,6-7,9-11,15H,5,8,12H2,1-2H3,(H,23,27). The number of carbonyl (C=O) groups is 1. The van der Waals surface area contributed by atoms with Gasteiger partial charge < -0.3 is 15.0 Å². The minimum atomic E-state index is -0.141. The number of carbonyl (C=O) groups excluding carboxylic acids is 1. The molecule has 0 bridgehead atoms. The first-order valence-corrected chi connectivity index (χ1v) is 9.00. The third-order valence-corrected chi connectivity index (χ3v) is 4.66. The van der Waals surface area contributed by atoms with E-state index in [0.717, 1.165) is 24.2 Å². The maximum absolute atomic E-state index is 12.5. The third-order valence-electron chi connectivity index (χ3n) is 4.66. The van der Waals surface area contributed by atoms with E-state index in [1.807, 2.05) is 19.3 Å². The number of ether oxygens (including phenoxy) is 1. The van der Waals surface area contributed by atoms with Gasteiger partial charge in [0, 0.05) is 62.0 Å². The van der Waals surface area contributed by atoms with Crippen LogP contribution in [0.15, 0.2) is 43.0 Å². The molecule has 1 aliphatic heterocycles. The molecule has 1 atom stereocenters. The second-order valence-corrected chi connectivity index (χ2v) is 6.64. The molecule has 0 radical (unpaired) electrons. The number of hydrogen-bond donors (Lipinski definition) is 1. The Bertz CT molecular complexity index is 988. The summed E-state index contributed by atoms with van der Waals surface area (Å²) in [4.78, 5) is 27.7. The average Bonchev–Trinajstić information content (AvgIpc) is 3.37. The fraction of sp³-hybridized carbons (Fsp3) is 0.316. The molecule has 3 aromatic rings. The van der Waals surface area contributed by atoms with Crippen molar-refractivity contribution in [1.82, 2.24) is 30.0 Å². The Hall–Kier alpha value is -3.49. The van der Waals surface area contributed by atoms with Crippen LogP contribution in [0.3, 0.4) is 0 Å². The van der Waals surface area contributed by atoms with Gasteiger partial charge in [0.2, 0.25) is 11.8 Å². The molecule has 9 heteroatoms. The molecule has 1 fully saturated rings. The smallest absolute Gasteiger partial charge is 0.251 e. The van der Waals surface area contributed by atoms with Crippen LogP contribution >= 0.6 is 0 Å². The summed E-state index contributed by atoms with van der Waals surface area (Å²) in [5, 5.41) is 7.25. The first-order chi connectivity index (χ1) is 13.6. The Labute approximate surface area is 162 Å². The zero-order valence-corrected chi connectivity index (χ0v) is 15.7. The van der Waals surface area contributed by atoms with Gasteiger partial charge in [-0.2, -0.15) is 5.10 Å². The molecule has 3 aromatic heterocycles. The van der Waals surface area contributed by atoms with Crippen molar-refractivity contribution >= 4 is 11.9 Å². The normalized spacial score (nSPS) is 16.2. The molecule has 1 unspecified atom stereocenters. The van der Waals surface area contributed by atoms with E-state index in [4.69, 9.17) is 4.74 Å². The second-order valence-electron chi connectivity index (χ2n) is 6.64. The highest BCUT2D eigenvalue weighted by molar-refractivity contribution is 5.94. The largest absolute Gasteiger partial charge is 0.481 e. The van der Waals surface area contributed by atoms with Crippen molar-refractivity contribution in [2.45, 2.75) is 12.5 Å². The lowest BCUT2D eigenvalue weighted by molar-refractivity contribution is 0.0940. The Kier molecular flexibility index (Phi) is 4.88. The van der Waals surface area contributed by atoms with Crippen molar-refractivity contribution in [3.8, 4) is 17.1 Å². The van der Waals surface area contributed by atoms with Crippen LogP contribution in [-0.4, -0.2) is 56.9 Å². The highest BCUT2D eigenvalue weighted by Crippen LogP contribution is 2.21. The van der Waals surface area contributed by atoms with Crippen LogP contribution in [0.4, 0.5) is 5.95 Å². The summed E-state index contributed by atoms with van der Waals surface area (Å²) in [6.45, 7) is 1.44. The highest BCUT2D eigenvalue weighted by atomic mass is 16.5. The first kappa shape index (κ1) is 17.9. The number of nitrogens with one attached hydrogen (secondary N) is 1. The van der Waals surface area contributed by atoms with Gasteiger partial charge >= 0.3 is 0 Å². The molecule has 9 nitrogen and oxygen atoms in total. The molecule has 1 aliphatic rings. The molecule has 4 heterocycles. The van der Waals surface area contributed by atoms with Gasteiger partial charge in [-0.1, -0.05) is 0 Å². The van der Waals surface area contributed by atoms with E-state index in [1.165, 1.54) is 7.11 Å². The SMILES string of the molecule is COc1cc(C(=O)NC2CCN(c3nccc(-c4cnn(C)c4)n3)C2)ccn1. The van der Waals surface area contributed by atoms with Crippen LogP contribution in [0, 0.1) is 0 Å². The Balaban J connectivity index is 1.42. The lowest BCUT2D eigenvalue weighted by Crippen LogP contribution is -2.37. The van der Waals surface area contributed by atoms with Crippen LogP contribution in [-0.2, 0) is 7.05 Å². The van der Waals surface area contributed by atoms with Gasteiger partial charge in [0.1, 0.15) is 0 Å². The number of pyridine rings is 1. The molecular weight excluding hydrogens is 358 g/mol. The summed E-state index contributed by atoms with van der Waals surface area (Å²) in [5.41, 5.74) is 2.30. The van der Waals surface area contributed by atoms with Gasteiger partial charge in [-0.15, -0.1) is 0 Å². The fourth-order valence-electron chi connectivity index (χ4n) is 3.21. The summed E-state index contributed by atoms with van der Waals surface area (Å²) < 4.78 is 6.82. The number of amides is 1.